The molecule has 0 aliphatic carbocycles. The maximum Gasteiger partial charge on any atom is 0.410 e. The SMILES string of the molecule is O=C1O[C@@H]([C@H](O)[C@H](O)COCc2ccccc2)[C@H](CSc2ccccc2)N1Cc1cccc2ccccc12. The lowest BCUT2D eigenvalue weighted by Gasteiger charge is -2.29. The van der Waals surface area contributed by atoms with Crippen molar-refractivity contribution < 1.29 is 24.5 Å². The Hall–Kier alpha value is -3.36. The van der Waals surface area contributed by atoms with Crippen molar-refractivity contribution in [3.63, 3.8) is 0 Å². The molecule has 0 unspecified atom stereocenters. The first-order valence-corrected chi connectivity index (χ1v) is 13.7. The number of thioether (sulfide) groups is 1. The lowest BCUT2D eigenvalue weighted by atomic mass is 10.0. The molecule has 7 heteroatoms. The molecule has 1 aliphatic rings. The third-order valence-corrected chi connectivity index (χ3v) is 7.88. The standard InChI is InChI=1S/C31H31NO5S/c33-28(20-36-19-22-10-3-1-4-11-22)29(34)30-27(21-38-25-15-5-2-6-16-25)32(31(35)37-30)18-24-14-9-13-23-12-7-8-17-26(23)24/h1-17,27-30,33-34H,18-21H2/t27-,28+,29+,30+/m0/s1. The second kappa shape index (κ2) is 12.5. The van der Waals surface area contributed by atoms with Gasteiger partial charge in [-0.2, -0.15) is 0 Å². The second-order valence-corrected chi connectivity index (χ2v) is 10.5. The molecule has 5 rings (SSSR count). The molecule has 1 fully saturated rings. The van der Waals surface area contributed by atoms with E-state index in [2.05, 4.69) is 0 Å². The summed E-state index contributed by atoms with van der Waals surface area (Å²) in [7, 11) is 0. The zero-order chi connectivity index (χ0) is 26.3. The van der Waals surface area contributed by atoms with E-state index >= 15 is 0 Å². The molecule has 0 saturated carbocycles. The van der Waals surface area contributed by atoms with Gasteiger partial charge in [-0.1, -0.05) is 91.0 Å². The molecule has 4 aromatic rings. The van der Waals surface area contributed by atoms with Gasteiger partial charge in [-0.15, -0.1) is 11.8 Å². The Bertz CT molecular complexity index is 1330. The number of amides is 1. The lowest BCUT2D eigenvalue weighted by Crippen LogP contribution is -2.48. The van der Waals surface area contributed by atoms with E-state index in [4.69, 9.17) is 9.47 Å². The van der Waals surface area contributed by atoms with E-state index in [1.54, 1.807) is 16.7 Å². The minimum Gasteiger partial charge on any atom is -0.441 e. The highest BCUT2D eigenvalue weighted by atomic mass is 32.2. The molecule has 1 heterocycles. The van der Waals surface area contributed by atoms with Crippen LogP contribution >= 0.6 is 11.8 Å². The maximum absolute atomic E-state index is 13.1. The van der Waals surface area contributed by atoms with Crippen LogP contribution < -0.4 is 0 Å². The Morgan fingerprint density at radius 3 is 2.34 bits per heavy atom. The maximum atomic E-state index is 13.1. The summed E-state index contributed by atoms with van der Waals surface area (Å²) >= 11 is 1.59. The zero-order valence-corrected chi connectivity index (χ0v) is 21.7. The fourth-order valence-electron chi connectivity index (χ4n) is 4.74. The lowest BCUT2D eigenvalue weighted by molar-refractivity contribution is -0.0875. The van der Waals surface area contributed by atoms with Gasteiger partial charge < -0.3 is 19.7 Å². The summed E-state index contributed by atoms with van der Waals surface area (Å²) in [6, 6.07) is 33.2. The van der Waals surface area contributed by atoms with Crippen LogP contribution in [0, 0.1) is 0 Å². The summed E-state index contributed by atoms with van der Waals surface area (Å²) in [6.45, 7) is 0.575. The van der Waals surface area contributed by atoms with E-state index < -0.39 is 30.4 Å². The number of ether oxygens (including phenoxy) is 2. The molecule has 196 valence electrons. The van der Waals surface area contributed by atoms with Crippen molar-refractivity contribution in [3.05, 3.63) is 114 Å². The number of carbonyl (C=O) groups is 1. The van der Waals surface area contributed by atoms with Gasteiger partial charge in [0.2, 0.25) is 0 Å². The number of hydrogen-bond donors (Lipinski definition) is 2. The van der Waals surface area contributed by atoms with Crippen LogP contribution in [0.15, 0.2) is 108 Å². The van der Waals surface area contributed by atoms with E-state index in [0.29, 0.717) is 18.9 Å². The predicted octanol–water partition coefficient (Wildman–Crippen LogP) is 5.26. The fourth-order valence-corrected chi connectivity index (χ4v) is 5.82. The molecule has 0 bridgehead atoms. The molecule has 2 N–H and O–H groups in total. The fraction of sp³-hybridized carbons (Fsp3) is 0.258. The van der Waals surface area contributed by atoms with Crippen molar-refractivity contribution in [2.75, 3.05) is 12.4 Å². The molecule has 1 amide bonds. The number of aliphatic hydroxyl groups excluding tert-OH is 2. The number of fused-ring (bicyclic) bond motifs is 1. The van der Waals surface area contributed by atoms with Crippen LogP contribution in [0.25, 0.3) is 10.8 Å². The third-order valence-electron chi connectivity index (χ3n) is 6.77. The first-order valence-electron chi connectivity index (χ1n) is 12.7. The van der Waals surface area contributed by atoms with Crippen LogP contribution in [0.1, 0.15) is 11.1 Å². The van der Waals surface area contributed by atoms with Crippen molar-refractivity contribution in [1.82, 2.24) is 4.90 Å². The molecule has 1 aliphatic heterocycles. The quantitative estimate of drug-likeness (QED) is 0.258. The van der Waals surface area contributed by atoms with Gasteiger partial charge in [-0.3, -0.25) is 4.90 Å². The number of aliphatic hydroxyl groups is 2. The van der Waals surface area contributed by atoms with Gasteiger partial charge in [0.15, 0.2) is 6.10 Å². The second-order valence-electron chi connectivity index (χ2n) is 9.36. The number of cyclic esters (lactones) is 1. The van der Waals surface area contributed by atoms with Crippen LogP contribution in [0.2, 0.25) is 0 Å². The Balaban J connectivity index is 1.32. The molecule has 6 nitrogen and oxygen atoms in total. The van der Waals surface area contributed by atoms with E-state index in [9.17, 15) is 15.0 Å². The van der Waals surface area contributed by atoms with Gasteiger partial charge in [0, 0.05) is 10.6 Å². The van der Waals surface area contributed by atoms with Crippen LogP contribution in [0.5, 0.6) is 0 Å². The van der Waals surface area contributed by atoms with Gasteiger partial charge >= 0.3 is 6.09 Å². The summed E-state index contributed by atoms with van der Waals surface area (Å²) in [5, 5.41) is 24.0. The van der Waals surface area contributed by atoms with Gasteiger partial charge in [0.1, 0.15) is 12.2 Å². The largest absolute Gasteiger partial charge is 0.441 e. The van der Waals surface area contributed by atoms with Crippen LogP contribution in [0.4, 0.5) is 4.79 Å². The number of nitrogens with zero attached hydrogens (tertiary/aromatic N) is 1. The summed E-state index contributed by atoms with van der Waals surface area (Å²) in [5.74, 6) is 0.500. The minimum atomic E-state index is -1.30. The third kappa shape index (κ3) is 6.19. The number of benzene rings is 4. The highest BCUT2D eigenvalue weighted by Crippen LogP contribution is 2.32. The summed E-state index contributed by atoms with van der Waals surface area (Å²) in [6.07, 6.45) is -3.91. The Morgan fingerprint density at radius 2 is 1.55 bits per heavy atom. The van der Waals surface area contributed by atoms with Crippen molar-refractivity contribution >= 4 is 28.6 Å². The van der Waals surface area contributed by atoms with Gasteiger partial charge in [0.05, 0.1) is 25.8 Å². The number of rotatable bonds is 11. The molecule has 0 radical (unpaired) electrons. The predicted molar refractivity (Wildman–Crippen MR) is 149 cm³/mol. The number of hydrogen-bond acceptors (Lipinski definition) is 6. The molecular weight excluding hydrogens is 498 g/mol. The van der Waals surface area contributed by atoms with E-state index in [1.165, 1.54) is 0 Å². The molecule has 1 saturated heterocycles. The first kappa shape index (κ1) is 26.3. The Labute approximate surface area is 226 Å². The summed E-state index contributed by atoms with van der Waals surface area (Å²) < 4.78 is 11.4. The summed E-state index contributed by atoms with van der Waals surface area (Å²) in [4.78, 5) is 15.9. The molecule has 0 aromatic heterocycles. The average molecular weight is 530 g/mol. The van der Waals surface area contributed by atoms with Crippen LogP contribution in [-0.4, -0.2) is 57.9 Å². The molecule has 4 atom stereocenters. The van der Waals surface area contributed by atoms with Crippen molar-refractivity contribution in [3.8, 4) is 0 Å². The van der Waals surface area contributed by atoms with Crippen LogP contribution in [0.3, 0.4) is 0 Å². The molecule has 38 heavy (non-hydrogen) atoms. The van der Waals surface area contributed by atoms with Crippen molar-refractivity contribution in [2.24, 2.45) is 0 Å². The average Bonchev–Trinajstić information content (AvgIpc) is 3.27. The molecular formula is C31H31NO5S. The minimum absolute atomic E-state index is 0.0774. The van der Waals surface area contributed by atoms with Crippen molar-refractivity contribution in [1.29, 1.82) is 0 Å². The monoisotopic (exact) mass is 529 g/mol. The Morgan fingerprint density at radius 1 is 0.868 bits per heavy atom. The first-order chi connectivity index (χ1) is 18.6. The van der Waals surface area contributed by atoms with E-state index in [1.807, 2.05) is 103 Å². The molecule has 0 spiro atoms. The smallest absolute Gasteiger partial charge is 0.410 e. The van der Waals surface area contributed by atoms with E-state index in [0.717, 1.165) is 26.8 Å². The Kier molecular flexibility index (Phi) is 8.61. The van der Waals surface area contributed by atoms with Crippen LogP contribution in [-0.2, 0) is 22.6 Å². The van der Waals surface area contributed by atoms with Gasteiger partial charge in [0.25, 0.3) is 0 Å². The van der Waals surface area contributed by atoms with Gasteiger partial charge in [-0.25, -0.2) is 4.79 Å². The number of carbonyl (C=O) groups excluding carboxylic acids is 1. The topological polar surface area (TPSA) is 79.2 Å². The summed E-state index contributed by atoms with van der Waals surface area (Å²) in [5.41, 5.74) is 1.97. The van der Waals surface area contributed by atoms with E-state index in [-0.39, 0.29) is 6.61 Å². The van der Waals surface area contributed by atoms with Crippen molar-refractivity contribution in [2.45, 2.75) is 42.4 Å². The van der Waals surface area contributed by atoms with Gasteiger partial charge in [-0.05, 0) is 34.0 Å². The molecule has 4 aromatic carbocycles. The zero-order valence-electron chi connectivity index (χ0n) is 20.9. The normalized spacial score (nSPS) is 18.9. The highest BCUT2D eigenvalue weighted by Gasteiger charge is 2.47. The highest BCUT2D eigenvalue weighted by molar-refractivity contribution is 7.99.